The van der Waals surface area contributed by atoms with Crippen molar-refractivity contribution in [3.8, 4) is 0 Å². The molecule has 0 unspecified atom stereocenters. The lowest BCUT2D eigenvalue weighted by molar-refractivity contribution is -0.131. The van der Waals surface area contributed by atoms with E-state index in [2.05, 4.69) is 17.6 Å². The van der Waals surface area contributed by atoms with Gasteiger partial charge in [-0.2, -0.15) is 0 Å². The van der Waals surface area contributed by atoms with Crippen LogP contribution in [0.1, 0.15) is 45.4 Å². The van der Waals surface area contributed by atoms with Crippen LogP contribution < -0.4 is 10.6 Å². The highest BCUT2D eigenvalue weighted by Gasteiger charge is 2.40. The molecule has 1 saturated carbocycles. The number of amides is 1. The van der Waals surface area contributed by atoms with Gasteiger partial charge in [0.05, 0.1) is 0 Å². The predicted molar refractivity (Wildman–Crippen MR) is 60.6 cm³/mol. The molecule has 1 aliphatic carbocycles. The molecule has 86 valence electrons. The summed E-state index contributed by atoms with van der Waals surface area (Å²) in [6, 6.07) is 0.376. The first-order valence-corrected chi connectivity index (χ1v) is 6.28. The summed E-state index contributed by atoms with van der Waals surface area (Å²) in [6.07, 6.45) is 6.73. The third-order valence-corrected chi connectivity index (χ3v) is 4.11. The second-order valence-electron chi connectivity index (χ2n) is 5.00. The van der Waals surface area contributed by atoms with E-state index in [0.717, 1.165) is 38.8 Å². The van der Waals surface area contributed by atoms with Crippen LogP contribution in [0, 0.1) is 5.41 Å². The molecule has 0 radical (unpaired) electrons. The van der Waals surface area contributed by atoms with Gasteiger partial charge in [0.1, 0.15) is 0 Å². The Balaban J connectivity index is 1.92. The zero-order valence-corrected chi connectivity index (χ0v) is 9.64. The lowest BCUT2D eigenvalue weighted by atomic mass is 9.82. The summed E-state index contributed by atoms with van der Waals surface area (Å²) >= 11 is 0. The Morgan fingerprint density at radius 3 is 2.73 bits per heavy atom. The summed E-state index contributed by atoms with van der Waals surface area (Å²) in [5.74, 6) is 0.316. The van der Waals surface area contributed by atoms with Gasteiger partial charge in [-0.25, -0.2) is 0 Å². The number of hydrogen-bond acceptors (Lipinski definition) is 2. The van der Waals surface area contributed by atoms with Crippen molar-refractivity contribution >= 4 is 5.91 Å². The molecule has 0 spiro atoms. The fraction of sp³-hybridized carbons (Fsp3) is 0.917. The van der Waals surface area contributed by atoms with Crippen molar-refractivity contribution in [1.82, 2.24) is 10.6 Å². The van der Waals surface area contributed by atoms with Crippen LogP contribution in [0.5, 0.6) is 0 Å². The van der Waals surface area contributed by atoms with Crippen molar-refractivity contribution in [2.75, 3.05) is 13.1 Å². The Bertz CT molecular complexity index is 228. The van der Waals surface area contributed by atoms with Crippen LogP contribution in [0.4, 0.5) is 0 Å². The zero-order valence-electron chi connectivity index (χ0n) is 9.64. The van der Waals surface area contributed by atoms with Crippen molar-refractivity contribution in [2.24, 2.45) is 5.41 Å². The van der Waals surface area contributed by atoms with Crippen LogP contribution in [0.15, 0.2) is 0 Å². The first-order valence-electron chi connectivity index (χ1n) is 6.28. The van der Waals surface area contributed by atoms with Crippen LogP contribution in [0.2, 0.25) is 0 Å². The van der Waals surface area contributed by atoms with Crippen LogP contribution in [-0.2, 0) is 4.79 Å². The molecule has 1 saturated heterocycles. The standard InChI is InChI=1S/C12H22N2O/c1-2-12(6-3-4-7-12)11(15)14-10-5-8-13-9-10/h10,13H,2-9H2,1H3,(H,14,15)/t10-/m1/s1. The molecule has 2 aliphatic rings. The second-order valence-corrected chi connectivity index (χ2v) is 5.00. The Labute approximate surface area is 92.0 Å². The van der Waals surface area contributed by atoms with Crippen molar-refractivity contribution in [2.45, 2.75) is 51.5 Å². The van der Waals surface area contributed by atoms with E-state index in [0.29, 0.717) is 11.9 Å². The zero-order chi connectivity index (χ0) is 10.7. The quantitative estimate of drug-likeness (QED) is 0.740. The normalized spacial score (nSPS) is 29.3. The topological polar surface area (TPSA) is 41.1 Å². The molecular weight excluding hydrogens is 188 g/mol. The predicted octanol–water partition coefficient (Wildman–Crippen LogP) is 1.43. The van der Waals surface area contributed by atoms with Gasteiger partial charge in [0, 0.05) is 18.0 Å². The van der Waals surface area contributed by atoms with Gasteiger partial charge in [-0.05, 0) is 32.2 Å². The maximum absolute atomic E-state index is 12.2. The monoisotopic (exact) mass is 210 g/mol. The van der Waals surface area contributed by atoms with Gasteiger partial charge >= 0.3 is 0 Å². The SMILES string of the molecule is CCC1(C(=O)N[C@@H]2CCNC2)CCCC1. The van der Waals surface area contributed by atoms with Gasteiger partial charge in [-0.3, -0.25) is 4.79 Å². The Kier molecular flexibility index (Phi) is 3.29. The van der Waals surface area contributed by atoms with E-state index in [9.17, 15) is 4.79 Å². The Morgan fingerprint density at radius 2 is 2.20 bits per heavy atom. The minimum Gasteiger partial charge on any atom is -0.352 e. The Hall–Kier alpha value is -0.570. The number of nitrogens with one attached hydrogen (secondary N) is 2. The molecule has 0 bridgehead atoms. The third kappa shape index (κ3) is 2.17. The second kappa shape index (κ2) is 4.52. The van der Waals surface area contributed by atoms with E-state index >= 15 is 0 Å². The minimum atomic E-state index is -0.0252. The van der Waals surface area contributed by atoms with Gasteiger partial charge in [0.25, 0.3) is 0 Å². The maximum Gasteiger partial charge on any atom is 0.226 e. The smallest absolute Gasteiger partial charge is 0.226 e. The highest BCUT2D eigenvalue weighted by Crippen LogP contribution is 2.41. The number of rotatable bonds is 3. The molecule has 15 heavy (non-hydrogen) atoms. The number of carbonyl (C=O) groups excluding carboxylic acids is 1. The van der Waals surface area contributed by atoms with E-state index in [4.69, 9.17) is 0 Å². The lowest BCUT2D eigenvalue weighted by Crippen LogP contribution is -2.45. The van der Waals surface area contributed by atoms with Gasteiger partial charge in [0.2, 0.25) is 5.91 Å². The van der Waals surface area contributed by atoms with Gasteiger partial charge in [-0.15, -0.1) is 0 Å². The number of carbonyl (C=O) groups is 1. The molecule has 2 N–H and O–H groups in total. The summed E-state index contributed by atoms with van der Waals surface area (Å²) in [6.45, 7) is 4.15. The van der Waals surface area contributed by atoms with Gasteiger partial charge < -0.3 is 10.6 Å². The first kappa shape index (κ1) is 10.9. The summed E-state index contributed by atoms with van der Waals surface area (Å²) < 4.78 is 0. The van der Waals surface area contributed by atoms with Gasteiger partial charge in [-0.1, -0.05) is 19.8 Å². The molecule has 0 aromatic carbocycles. The van der Waals surface area contributed by atoms with Crippen LogP contribution in [0.25, 0.3) is 0 Å². The van der Waals surface area contributed by atoms with Crippen molar-refractivity contribution < 1.29 is 4.79 Å². The fourth-order valence-corrected chi connectivity index (χ4v) is 2.91. The Morgan fingerprint density at radius 1 is 1.47 bits per heavy atom. The molecule has 0 aromatic rings. The summed E-state index contributed by atoms with van der Waals surface area (Å²) in [5.41, 5.74) is -0.0252. The van der Waals surface area contributed by atoms with Gasteiger partial charge in [0.15, 0.2) is 0 Å². The highest BCUT2D eigenvalue weighted by molar-refractivity contribution is 5.83. The van der Waals surface area contributed by atoms with E-state index < -0.39 is 0 Å². The first-order chi connectivity index (χ1) is 7.27. The molecule has 3 heteroatoms. The van der Waals surface area contributed by atoms with Crippen molar-refractivity contribution in [3.63, 3.8) is 0 Å². The molecule has 1 aliphatic heterocycles. The summed E-state index contributed by atoms with van der Waals surface area (Å²) in [7, 11) is 0. The number of hydrogen-bond donors (Lipinski definition) is 2. The average molecular weight is 210 g/mol. The molecular formula is C12H22N2O. The average Bonchev–Trinajstić information content (AvgIpc) is 2.87. The summed E-state index contributed by atoms with van der Waals surface area (Å²) in [4.78, 5) is 12.2. The maximum atomic E-state index is 12.2. The minimum absolute atomic E-state index is 0.0252. The molecule has 3 nitrogen and oxygen atoms in total. The van der Waals surface area contributed by atoms with Crippen molar-refractivity contribution in [3.05, 3.63) is 0 Å². The van der Waals surface area contributed by atoms with Crippen LogP contribution in [-0.4, -0.2) is 25.0 Å². The lowest BCUT2D eigenvalue weighted by Gasteiger charge is -2.27. The molecule has 1 heterocycles. The van der Waals surface area contributed by atoms with E-state index in [1.807, 2.05) is 0 Å². The molecule has 2 fully saturated rings. The molecule has 1 amide bonds. The van der Waals surface area contributed by atoms with E-state index in [-0.39, 0.29) is 5.41 Å². The summed E-state index contributed by atoms with van der Waals surface area (Å²) in [5, 5.41) is 6.50. The largest absolute Gasteiger partial charge is 0.352 e. The van der Waals surface area contributed by atoms with E-state index in [1.165, 1.54) is 12.8 Å². The fourth-order valence-electron chi connectivity index (χ4n) is 2.91. The molecule has 0 aromatic heterocycles. The van der Waals surface area contributed by atoms with Crippen LogP contribution >= 0.6 is 0 Å². The molecule has 2 rings (SSSR count). The molecule has 1 atom stereocenters. The van der Waals surface area contributed by atoms with Crippen molar-refractivity contribution in [1.29, 1.82) is 0 Å². The third-order valence-electron chi connectivity index (χ3n) is 4.11. The highest BCUT2D eigenvalue weighted by atomic mass is 16.2. The van der Waals surface area contributed by atoms with E-state index in [1.54, 1.807) is 0 Å². The van der Waals surface area contributed by atoms with Crippen LogP contribution in [0.3, 0.4) is 0 Å².